The number of alkyl carbamates (subject to hydrolysis) is 2. The normalized spacial score (nSPS) is 16.5. The van der Waals surface area contributed by atoms with E-state index in [1.165, 1.54) is 10.4 Å². The molecule has 0 saturated carbocycles. The van der Waals surface area contributed by atoms with E-state index < -0.39 is 57.8 Å². The van der Waals surface area contributed by atoms with Crippen LogP contribution in [0, 0.1) is 11.8 Å². The zero-order valence-corrected chi connectivity index (χ0v) is 42.6. The van der Waals surface area contributed by atoms with Gasteiger partial charge in [0, 0.05) is 75.0 Å². The second-order valence-electron chi connectivity index (χ2n) is 19.5. The standard InChI is InChI=1S/C51H67N9O11S/c1-7-21-58(22-10-20-53-49(65)71-51(4,5)6)47(63)38-24-37-17-16-36(26-41(37)56-43(52)27-38)35-11-8-12-40(25-35)72(68,69)59-29-34(30-59)28-54-48(64)70-31-33-14-18-39(19-15-33)55-46(62)44(32(2)3)57-45(61)42-13-9-23-60(42)50(66)67/h8,11-12,14-19,24-26,32,34,42,44H,7,9-10,13,20-23,27-31H2,1-6H3,(H2,52,56)(H,53,65)(H,54,64)(H,55,62)(H,57,61)(H,66,67)/t42-,44-/m0/s1. The molecule has 0 aromatic heterocycles. The summed E-state index contributed by atoms with van der Waals surface area (Å²) in [5.74, 6) is -1.30. The second kappa shape index (κ2) is 23.9. The maximum Gasteiger partial charge on any atom is 0.407 e. The molecular formula is C51H67N9O11S. The molecule has 2 saturated heterocycles. The zero-order valence-electron chi connectivity index (χ0n) is 41.7. The number of benzene rings is 3. The minimum atomic E-state index is -3.87. The molecule has 0 aliphatic carbocycles. The lowest BCUT2D eigenvalue weighted by Crippen LogP contribution is -2.53. The van der Waals surface area contributed by atoms with Gasteiger partial charge in [-0.15, -0.1) is 0 Å². The minimum absolute atomic E-state index is 0.0634. The van der Waals surface area contributed by atoms with Crippen molar-refractivity contribution in [3.8, 4) is 11.1 Å². The quantitative estimate of drug-likeness (QED) is 0.0750. The number of nitrogens with one attached hydrogen (secondary N) is 4. The van der Waals surface area contributed by atoms with Gasteiger partial charge in [-0.05, 0) is 105 Å². The van der Waals surface area contributed by atoms with Gasteiger partial charge in [0.25, 0.3) is 0 Å². The topological polar surface area (TPSA) is 271 Å². The highest BCUT2D eigenvalue weighted by molar-refractivity contribution is 7.89. The molecule has 388 valence electrons. The number of fused-ring (bicyclic) bond motifs is 1. The minimum Gasteiger partial charge on any atom is -0.465 e. The third-order valence-corrected chi connectivity index (χ3v) is 14.1. The Kier molecular flexibility index (Phi) is 18.1. The number of sulfonamides is 1. The zero-order chi connectivity index (χ0) is 52.3. The molecule has 3 aromatic rings. The molecule has 21 heteroatoms. The molecule has 7 N–H and O–H groups in total. The third-order valence-electron chi connectivity index (χ3n) is 12.2. The number of rotatable bonds is 19. The molecule has 3 aromatic carbocycles. The van der Waals surface area contributed by atoms with Gasteiger partial charge in [0.2, 0.25) is 27.7 Å². The number of aliphatic imine (C=N–C) groups is 1. The van der Waals surface area contributed by atoms with Crippen LogP contribution in [0.25, 0.3) is 17.2 Å². The first-order chi connectivity index (χ1) is 34.1. The monoisotopic (exact) mass is 1010 g/mol. The summed E-state index contributed by atoms with van der Waals surface area (Å²) in [5, 5.41) is 20.3. The summed E-state index contributed by atoms with van der Waals surface area (Å²) in [5.41, 5.74) is 9.90. The van der Waals surface area contributed by atoms with Crippen LogP contribution in [0.2, 0.25) is 0 Å². The maximum atomic E-state index is 13.8. The predicted octanol–water partition coefficient (Wildman–Crippen LogP) is 6.05. The number of carboxylic acid groups (broad SMARTS) is 1. The number of nitrogens with zero attached hydrogens (tertiary/aromatic N) is 4. The lowest BCUT2D eigenvalue weighted by atomic mass is 10.0. The predicted molar refractivity (Wildman–Crippen MR) is 272 cm³/mol. The summed E-state index contributed by atoms with van der Waals surface area (Å²) < 4.78 is 39.5. The van der Waals surface area contributed by atoms with Crippen molar-refractivity contribution in [3.63, 3.8) is 0 Å². The summed E-state index contributed by atoms with van der Waals surface area (Å²) >= 11 is 0. The Bertz CT molecular complexity index is 2660. The molecule has 6 rings (SSSR count). The van der Waals surface area contributed by atoms with Crippen LogP contribution in [0.3, 0.4) is 0 Å². The highest BCUT2D eigenvalue weighted by Crippen LogP contribution is 2.34. The average molecular weight is 1010 g/mol. The number of ether oxygens (including phenoxy) is 2. The molecule has 2 fully saturated rings. The van der Waals surface area contributed by atoms with E-state index in [0.29, 0.717) is 78.1 Å². The van der Waals surface area contributed by atoms with Crippen molar-refractivity contribution in [1.29, 1.82) is 0 Å². The van der Waals surface area contributed by atoms with E-state index in [-0.39, 0.29) is 67.7 Å². The molecule has 3 aliphatic heterocycles. The summed E-state index contributed by atoms with van der Waals surface area (Å²) in [7, 11) is -3.87. The van der Waals surface area contributed by atoms with Gasteiger partial charge < -0.3 is 46.5 Å². The van der Waals surface area contributed by atoms with Gasteiger partial charge in [-0.3, -0.25) is 19.3 Å². The molecule has 2 atom stereocenters. The number of nitrogens with two attached hydrogens (primary N) is 1. The lowest BCUT2D eigenvalue weighted by Gasteiger charge is -2.38. The van der Waals surface area contributed by atoms with Crippen molar-refractivity contribution in [3.05, 3.63) is 83.4 Å². The molecule has 0 unspecified atom stereocenters. The van der Waals surface area contributed by atoms with Crippen molar-refractivity contribution in [2.45, 2.75) is 103 Å². The Morgan fingerprint density at radius 3 is 2.35 bits per heavy atom. The highest BCUT2D eigenvalue weighted by atomic mass is 32.2. The number of carbonyl (C=O) groups is 6. The Labute approximate surface area is 420 Å². The van der Waals surface area contributed by atoms with Crippen LogP contribution < -0.4 is 27.0 Å². The van der Waals surface area contributed by atoms with Crippen molar-refractivity contribution in [2.24, 2.45) is 22.6 Å². The van der Waals surface area contributed by atoms with E-state index in [2.05, 4.69) is 26.3 Å². The number of amides is 6. The van der Waals surface area contributed by atoms with Gasteiger partial charge in [-0.25, -0.2) is 27.8 Å². The van der Waals surface area contributed by atoms with E-state index in [0.717, 1.165) is 11.3 Å². The van der Waals surface area contributed by atoms with Crippen LogP contribution >= 0.6 is 0 Å². The molecule has 72 heavy (non-hydrogen) atoms. The number of hydrogen-bond donors (Lipinski definition) is 6. The second-order valence-corrected chi connectivity index (χ2v) is 21.5. The highest BCUT2D eigenvalue weighted by Gasteiger charge is 2.38. The van der Waals surface area contributed by atoms with Crippen molar-refractivity contribution in [1.82, 2.24) is 30.1 Å². The fourth-order valence-electron chi connectivity index (χ4n) is 8.49. The molecule has 3 aliphatic rings. The van der Waals surface area contributed by atoms with E-state index in [4.69, 9.17) is 15.2 Å². The number of amidine groups is 1. The number of hydrogen-bond acceptors (Lipinski definition) is 12. The third kappa shape index (κ3) is 14.6. The average Bonchev–Trinajstić information content (AvgIpc) is 3.75. The van der Waals surface area contributed by atoms with Crippen LogP contribution in [0.1, 0.15) is 84.8 Å². The summed E-state index contributed by atoms with van der Waals surface area (Å²) in [6.07, 6.45) is 1.79. The van der Waals surface area contributed by atoms with Crippen LogP contribution in [-0.4, -0.2) is 133 Å². The summed E-state index contributed by atoms with van der Waals surface area (Å²) in [6, 6.07) is 17.0. The van der Waals surface area contributed by atoms with E-state index >= 15 is 0 Å². The molecule has 0 spiro atoms. The van der Waals surface area contributed by atoms with Crippen LogP contribution in [-0.2, 0) is 40.5 Å². The molecule has 20 nitrogen and oxygen atoms in total. The fourth-order valence-corrected chi connectivity index (χ4v) is 10.1. The first-order valence-electron chi connectivity index (χ1n) is 24.3. The maximum absolute atomic E-state index is 13.8. The van der Waals surface area contributed by atoms with Gasteiger partial charge in [-0.1, -0.05) is 57.2 Å². The van der Waals surface area contributed by atoms with Crippen molar-refractivity contribution >= 4 is 69.3 Å². The molecular weight excluding hydrogens is 947 g/mol. The first kappa shape index (κ1) is 54.3. The number of likely N-dealkylation sites (tertiary alicyclic amines) is 1. The van der Waals surface area contributed by atoms with Crippen LogP contribution in [0.15, 0.2) is 82.2 Å². The van der Waals surface area contributed by atoms with Crippen LogP contribution in [0.5, 0.6) is 0 Å². The molecule has 3 heterocycles. The van der Waals surface area contributed by atoms with Crippen molar-refractivity contribution < 1.29 is 51.8 Å². The largest absolute Gasteiger partial charge is 0.465 e. The number of anilines is 1. The SMILES string of the molecule is CCCN(CCCNC(=O)OC(C)(C)C)C(=O)C1=Cc2ccc(-c3cccc(S(=O)(=O)N4CC(CNC(=O)OCc5ccc(NC(=O)[C@@H](NC(=O)[C@@H]6CCCN6C(=O)O)C(C)C)cc5)C4)c3)cc2N=C(N)C1. The fraction of sp³-hybridized carbons (Fsp3) is 0.471. The molecule has 6 amide bonds. The van der Waals surface area contributed by atoms with E-state index in [1.54, 1.807) is 88.1 Å². The van der Waals surface area contributed by atoms with E-state index in [9.17, 15) is 42.3 Å². The van der Waals surface area contributed by atoms with E-state index in [1.807, 2.05) is 25.1 Å². The summed E-state index contributed by atoms with van der Waals surface area (Å²) in [4.78, 5) is 83.6. The van der Waals surface area contributed by atoms with Gasteiger partial charge in [0.15, 0.2) is 0 Å². The Hall–Kier alpha value is -7.00. The lowest BCUT2D eigenvalue weighted by molar-refractivity contribution is -0.130. The first-order valence-corrected chi connectivity index (χ1v) is 25.7. The van der Waals surface area contributed by atoms with Crippen LogP contribution in [0.4, 0.5) is 25.8 Å². The Morgan fingerprint density at radius 2 is 1.67 bits per heavy atom. The Balaban J connectivity index is 0.964. The number of carbonyl (C=O) groups excluding carboxylic acids is 5. The molecule has 0 radical (unpaired) electrons. The van der Waals surface area contributed by atoms with Gasteiger partial charge in [0.1, 0.15) is 30.1 Å². The molecule has 0 bridgehead atoms. The van der Waals surface area contributed by atoms with Gasteiger partial charge >= 0.3 is 18.3 Å². The van der Waals surface area contributed by atoms with Crippen molar-refractivity contribution in [2.75, 3.05) is 51.1 Å². The van der Waals surface area contributed by atoms with Gasteiger partial charge in [-0.2, -0.15) is 4.31 Å². The smallest absolute Gasteiger partial charge is 0.407 e. The summed E-state index contributed by atoms with van der Waals surface area (Å²) in [6.45, 7) is 13.0. The Morgan fingerprint density at radius 1 is 0.944 bits per heavy atom. The van der Waals surface area contributed by atoms with Gasteiger partial charge in [0.05, 0.1) is 10.6 Å².